The van der Waals surface area contributed by atoms with Gasteiger partial charge in [0.1, 0.15) is 0 Å². The molecule has 7 heteroatoms. The number of aryl methyl sites for hydroxylation is 2. The second kappa shape index (κ2) is 6.49. The molecule has 2 aromatic heterocycles. The first-order valence-electron chi connectivity index (χ1n) is 7.60. The van der Waals surface area contributed by atoms with Crippen LogP contribution in [0.2, 0.25) is 0 Å². The number of rotatable bonds is 5. The lowest BCUT2D eigenvalue weighted by Crippen LogP contribution is -2.39. The first-order chi connectivity index (χ1) is 11.4. The zero-order chi connectivity index (χ0) is 17.3. The number of amides is 1. The lowest BCUT2D eigenvalue weighted by molar-refractivity contribution is -0.118. The summed E-state index contributed by atoms with van der Waals surface area (Å²) in [5, 5.41) is 13.2. The summed E-state index contributed by atoms with van der Waals surface area (Å²) in [5.74, 6) is -1.87. The van der Waals surface area contributed by atoms with E-state index in [0.29, 0.717) is 5.06 Å². The van der Waals surface area contributed by atoms with E-state index >= 15 is 0 Å². The number of nitrogens with zero attached hydrogens (tertiary/aromatic N) is 2. The molecule has 0 bridgehead atoms. The summed E-state index contributed by atoms with van der Waals surface area (Å²) in [6.45, 7) is 8.12. The second-order valence-electron chi connectivity index (χ2n) is 5.58. The number of carbonyl (C=O) groups excluding carboxylic acids is 1. The van der Waals surface area contributed by atoms with Gasteiger partial charge in [-0.05, 0) is 49.1 Å². The quantitative estimate of drug-likeness (QED) is 0.707. The van der Waals surface area contributed by atoms with Gasteiger partial charge in [0.05, 0.1) is 0 Å². The molecule has 0 saturated carbocycles. The van der Waals surface area contributed by atoms with E-state index in [1.807, 2.05) is 31.5 Å². The van der Waals surface area contributed by atoms with Crippen LogP contribution in [-0.2, 0) is 11.2 Å². The molecule has 0 N–H and O–H groups in total. The molecule has 3 heterocycles. The normalized spacial score (nSPS) is 19.8. The minimum absolute atomic E-state index is 0.421. The van der Waals surface area contributed by atoms with E-state index in [4.69, 9.17) is 9.47 Å². The zero-order valence-corrected chi connectivity index (χ0v) is 15.6. The van der Waals surface area contributed by atoms with Gasteiger partial charge in [0.15, 0.2) is 10.1 Å². The number of thiophene rings is 2. The van der Waals surface area contributed by atoms with Crippen molar-refractivity contribution in [1.82, 2.24) is 0 Å². The highest BCUT2D eigenvalue weighted by atomic mass is 32.1. The summed E-state index contributed by atoms with van der Waals surface area (Å²) >= 11 is 2.97. The third-order valence-corrected chi connectivity index (χ3v) is 5.95. The van der Waals surface area contributed by atoms with Crippen molar-refractivity contribution in [3.63, 3.8) is 0 Å². The molecule has 0 spiro atoms. The van der Waals surface area contributed by atoms with E-state index in [0.717, 1.165) is 28.2 Å². The Morgan fingerprint density at radius 2 is 1.75 bits per heavy atom. The Bertz CT molecular complexity index is 817. The molecule has 0 aromatic carbocycles. The molecule has 0 fully saturated rings. The van der Waals surface area contributed by atoms with Crippen LogP contribution in [0.15, 0.2) is 33.1 Å². The van der Waals surface area contributed by atoms with Crippen LogP contribution in [0.3, 0.4) is 0 Å². The third-order valence-electron chi connectivity index (χ3n) is 3.86. The molecular weight excluding hydrogens is 344 g/mol. The van der Waals surface area contributed by atoms with Crippen molar-refractivity contribution in [1.29, 1.82) is 0 Å². The molecule has 0 saturated heterocycles. The molecule has 1 atom stereocenters. The maximum Gasteiger partial charge on any atom is 0.397 e. The van der Waals surface area contributed by atoms with Crippen molar-refractivity contribution in [3.05, 3.63) is 45.2 Å². The van der Waals surface area contributed by atoms with Crippen molar-refractivity contribution in [3.8, 4) is 10.1 Å². The Labute approximate surface area is 148 Å². The molecule has 24 heavy (non-hydrogen) atoms. The van der Waals surface area contributed by atoms with E-state index in [1.54, 1.807) is 0 Å². The highest BCUT2D eigenvalue weighted by molar-refractivity contribution is 7.12. The number of hydrogen-bond acceptors (Lipinski definition) is 6. The molecule has 1 unspecified atom stereocenters. The van der Waals surface area contributed by atoms with Crippen LogP contribution >= 0.6 is 22.7 Å². The first kappa shape index (κ1) is 16.9. The molecule has 126 valence electrons. The second-order valence-corrected chi connectivity index (χ2v) is 7.26. The summed E-state index contributed by atoms with van der Waals surface area (Å²) in [7, 11) is 0. The molecule has 5 nitrogen and oxygen atoms in total. The van der Waals surface area contributed by atoms with Gasteiger partial charge in [0.25, 0.3) is 5.91 Å². The van der Waals surface area contributed by atoms with E-state index in [2.05, 4.69) is 17.2 Å². The maximum absolute atomic E-state index is 11.4. The maximum atomic E-state index is 11.4. The van der Waals surface area contributed by atoms with Crippen LogP contribution in [0, 0.1) is 20.8 Å². The number of carbonyl (C=O) groups is 1. The molecule has 2 aromatic rings. The fraction of sp³-hybridized carbons (Fsp3) is 0.353. The van der Waals surface area contributed by atoms with Crippen molar-refractivity contribution >= 4 is 28.6 Å². The SMILES string of the molecule is CCc1c(C)csc1OC1(Oc2scc(C)c2C)C=CC(=O)N=N1. The predicted molar refractivity (Wildman–Crippen MR) is 95.2 cm³/mol. The molecule has 1 aliphatic rings. The number of hydrogen-bond donors (Lipinski definition) is 0. The largest absolute Gasteiger partial charge is 0.419 e. The minimum atomic E-state index is -1.45. The standard InChI is InChI=1S/C17H18N2O3S2/c1-5-13-11(3)9-24-16(13)22-17(7-6-14(20)18-19-17)21-15-12(4)10(2)8-23-15/h6-9H,5H2,1-4H3. The van der Waals surface area contributed by atoms with Gasteiger partial charge in [0.2, 0.25) is 0 Å². The van der Waals surface area contributed by atoms with Gasteiger partial charge in [-0.15, -0.1) is 27.8 Å². The summed E-state index contributed by atoms with van der Waals surface area (Å²) in [6, 6.07) is 0. The van der Waals surface area contributed by atoms with E-state index in [9.17, 15) is 4.79 Å². The van der Waals surface area contributed by atoms with Crippen molar-refractivity contribution < 1.29 is 14.3 Å². The first-order valence-corrected chi connectivity index (χ1v) is 9.36. The third kappa shape index (κ3) is 3.14. The van der Waals surface area contributed by atoms with Gasteiger partial charge >= 0.3 is 5.91 Å². The highest BCUT2D eigenvalue weighted by Crippen LogP contribution is 2.38. The Balaban J connectivity index is 1.97. The fourth-order valence-electron chi connectivity index (χ4n) is 2.29. The van der Waals surface area contributed by atoms with Gasteiger partial charge in [-0.25, -0.2) is 0 Å². The Kier molecular flexibility index (Phi) is 4.56. The molecule has 1 aliphatic heterocycles. The molecule has 0 aliphatic carbocycles. The number of azo groups is 1. The topological polar surface area (TPSA) is 60.2 Å². The number of ether oxygens (including phenoxy) is 2. The molecule has 1 amide bonds. The van der Waals surface area contributed by atoms with Gasteiger partial charge in [-0.3, -0.25) is 4.79 Å². The van der Waals surface area contributed by atoms with Crippen LogP contribution in [0.25, 0.3) is 0 Å². The van der Waals surface area contributed by atoms with Crippen molar-refractivity contribution in [2.75, 3.05) is 0 Å². The smallest absolute Gasteiger partial charge is 0.397 e. The molecule has 3 rings (SSSR count). The minimum Gasteiger partial charge on any atom is -0.419 e. The summed E-state index contributed by atoms with van der Waals surface area (Å²) < 4.78 is 12.2. The van der Waals surface area contributed by atoms with Gasteiger partial charge in [-0.2, -0.15) is 0 Å². The summed E-state index contributed by atoms with van der Waals surface area (Å²) in [4.78, 5) is 11.4. The fourth-order valence-corrected chi connectivity index (χ4v) is 4.30. The zero-order valence-electron chi connectivity index (χ0n) is 14.0. The average molecular weight is 362 g/mol. The average Bonchev–Trinajstić information content (AvgIpc) is 3.07. The van der Waals surface area contributed by atoms with Crippen LogP contribution in [-0.4, -0.2) is 11.8 Å². The molecular formula is C17H18N2O3S2. The van der Waals surface area contributed by atoms with E-state index in [-0.39, 0.29) is 0 Å². The lowest BCUT2D eigenvalue weighted by Gasteiger charge is -2.27. The monoisotopic (exact) mass is 362 g/mol. The van der Waals surface area contributed by atoms with Crippen LogP contribution < -0.4 is 9.47 Å². The van der Waals surface area contributed by atoms with Crippen LogP contribution in [0.5, 0.6) is 10.1 Å². The molecule has 0 radical (unpaired) electrons. The van der Waals surface area contributed by atoms with Gasteiger partial charge in [0, 0.05) is 23.3 Å². The van der Waals surface area contributed by atoms with Gasteiger partial charge in [-0.1, -0.05) is 12.0 Å². The lowest BCUT2D eigenvalue weighted by atomic mass is 10.2. The van der Waals surface area contributed by atoms with E-state index < -0.39 is 11.8 Å². The predicted octanol–water partition coefficient (Wildman–Crippen LogP) is 4.96. The van der Waals surface area contributed by atoms with Gasteiger partial charge < -0.3 is 9.47 Å². The van der Waals surface area contributed by atoms with Crippen molar-refractivity contribution in [2.45, 2.75) is 40.0 Å². The Morgan fingerprint density at radius 1 is 1.08 bits per heavy atom. The van der Waals surface area contributed by atoms with E-state index in [1.165, 1.54) is 40.4 Å². The Hall–Kier alpha value is -1.99. The van der Waals surface area contributed by atoms with Crippen LogP contribution in [0.4, 0.5) is 0 Å². The highest BCUT2D eigenvalue weighted by Gasteiger charge is 2.37. The van der Waals surface area contributed by atoms with Crippen LogP contribution in [0.1, 0.15) is 29.2 Å². The van der Waals surface area contributed by atoms with Crippen molar-refractivity contribution in [2.24, 2.45) is 10.2 Å². The summed E-state index contributed by atoms with van der Waals surface area (Å²) in [6.07, 6.45) is 3.69. The Morgan fingerprint density at radius 3 is 2.33 bits per heavy atom. The summed E-state index contributed by atoms with van der Waals surface area (Å²) in [5.41, 5.74) is 4.45.